The van der Waals surface area contributed by atoms with Crippen molar-refractivity contribution in [3.63, 3.8) is 0 Å². The Hall–Kier alpha value is -3.15. The number of esters is 1. The molecule has 29 heavy (non-hydrogen) atoms. The lowest BCUT2D eigenvalue weighted by atomic mass is 10.1. The van der Waals surface area contributed by atoms with E-state index in [2.05, 4.69) is 4.98 Å². The highest BCUT2D eigenvalue weighted by atomic mass is 35.5. The van der Waals surface area contributed by atoms with Gasteiger partial charge in [-0.3, -0.25) is 9.78 Å². The van der Waals surface area contributed by atoms with Gasteiger partial charge in [-0.2, -0.15) is 0 Å². The summed E-state index contributed by atoms with van der Waals surface area (Å²) in [5.41, 5.74) is 1.39. The largest absolute Gasteiger partial charge is 0.452 e. The summed E-state index contributed by atoms with van der Waals surface area (Å²) in [6, 6.07) is 12.8. The van der Waals surface area contributed by atoms with Crippen LogP contribution in [0.2, 0.25) is 10.0 Å². The van der Waals surface area contributed by atoms with Crippen LogP contribution in [-0.4, -0.2) is 11.0 Å². The maximum Gasteiger partial charge on any atom is 0.343 e. The van der Waals surface area contributed by atoms with Crippen LogP contribution in [0, 0.1) is 6.92 Å². The Balaban J connectivity index is 1.94. The van der Waals surface area contributed by atoms with Crippen molar-refractivity contribution in [3.8, 4) is 17.1 Å². The SMILES string of the molecule is Cc1cc2oc(-c3ccc(Cl)cc3)c(OC(=O)c3ccncc3)c(=O)c2cc1Cl. The Morgan fingerprint density at radius 1 is 1.03 bits per heavy atom. The summed E-state index contributed by atoms with van der Waals surface area (Å²) in [5.74, 6) is -0.794. The highest BCUT2D eigenvalue weighted by molar-refractivity contribution is 6.32. The van der Waals surface area contributed by atoms with Gasteiger partial charge in [0.25, 0.3) is 0 Å². The van der Waals surface area contributed by atoms with Crippen LogP contribution in [0.25, 0.3) is 22.3 Å². The van der Waals surface area contributed by atoms with Gasteiger partial charge in [0.05, 0.1) is 10.9 Å². The summed E-state index contributed by atoms with van der Waals surface area (Å²) in [4.78, 5) is 29.6. The quantitative estimate of drug-likeness (QED) is 0.394. The molecule has 0 N–H and O–H groups in total. The number of aryl methyl sites for hydroxylation is 1. The molecule has 0 atom stereocenters. The zero-order valence-corrected chi connectivity index (χ0v) is 16.6. The van der Waals surface area contributed by atoms with Crippen LogP contribution < -0.4 is 10.2 Å². The Morgan fingerprint density at radius 2 is 1.72 bits per heavy atom. The number of aromatic nitrogens is 1. The van der Waals surface area contributed by atoms with Gasteiger partial charge < -0.3 is 9.15 Å². The number of pyridine rings is 1. The summed E-state index contributed by atoms with van der Waals surface area (Å²) < 4.78 is 11.5. The fraction of sp³-hybridized carbons (Fsp3) is 0.0455. The molecule has 4 rings (SSSR count). The lowest BCUT2D eigenvalue weighted by Crippen LogP contribution is -2.16. The van der Waals surface area contributed by atoms with Gasteiger partial charge in [0.1, 0.15) is 5.58 Å². The number of carbonyl (C=O) groups is 1. The molecule has 0 bridgehead atoms. The molecule has 5 nitrogen and oxygen atoms in total. The third-order valence-electron chi connectivity index (χ3n) is 4.35. The molecule has 0 unspecified atom stereocenters. The summed E-state index contributed by atoms with van der Waals surface area (Å²) >= 11 is 12.1. The zero-order chi connectivity index (χ0) is 20.5. The number of rotatable bonds is 3. The van der Waals surface area contributed by atoms with Crippen LogP contribution in [0.15, 0.2) is 70.1 Å². The minimum Gasteiger partial charge on any atom is -0.452 e. The van der Waals surface area contributed by atoms with Gasteiger partial charge in [0.2, 0.25) is 11.2 Å². The number of ether oxygens (including phenoxy) is 1. The molecule has 0 amide bonds. The summed E-state index contributed by atoms with van der Waals surface area (Å²) in [6.07, 6.45) is 2.92. The van der Waals surface area contributed by atoms with Crippen molar-refractivity contribution in [2.45, 2.75) is 6.92 Å². The van der Waals surface area contributed by atoms with Crippen LogP contribution in [0.1, 0.15) is 15.9 Å². The van der Waals surface area contributed by atoms with Crippen LogP contribution >= 0.6 is 23.2 Å². The Morgan fingerprint density at radius 3 is 2.41 bits per heavy atom. The van der Waals surface area contributed by atoms with Crippen LogP contribution in [-0.2, 0) is 0 Å². The van der Waals surface area contributed by atoms with E-state index in [0.29, 0.717) is 21.2 Å². The van der Waals surface area contributed by atoms with Crippen molar-refractivity contribution in [2.24, 2.45) is 0 Å². The molecule has 0 aliphatic rings. The van der Waals surface area contributed by atoms with Crippen LogP contribution in [0.5, 0.6) is 5.75 Å². The molecular weight excluding hydrogens is 413 g/mol. The molecule has 2 heterocycles. The molecular formula is C22H13Cl2NO4. The first-order valence-corrected chi connectivity index (χ1v) is 9.35. The van der Waals surface area contributed by atoms with E-state index in [-0.39, 0.29) is 22.5 Å². The normalized spacial score (nSPS) is 10.9. The van der Waals surface area contributed by atoms with Gasteiger partial charge in [-0.1, -0.05) is 23.2 Å². The van der Waals surface area contributed by atoms with Crippen LogP contribution in [0.4, 0.5) is 0 Å². The van der Waals surface area contributed by atoms with E-state index < -0.39 is 11.4 Å². The molecule has 0 spiro atoms. The van der Waals surface area contributed by atoms with E-state index in [4.69, 9.17) is 32.4 Å². The van der Waals surface area contributed by atoms with E-state index in [1.165, 1.54) is 30.6 Å². The molecule has 7 heteroatoms. The van der Waals surface area contributed by atoms with Gasteiger partial charge >= 0.3 is 5.97 Å². The zero-order valence-electron chi connectivity index (χ0n) is 15.1. The average molecular weight is 426 g/mol. The molecule has 0 radical (unpaired) electrons. The van der Waals surface area contributed by atoms with Gasteiger partial charge in [-0.15, -0.1) is 0 Å². The second-order valence-electron chi connectivity index (χ2n) is 6.32. The van der Waals surface area contributed by atoms with Crippen molar-refractivity contribution in [3.05, 3.63) is 92.3 Å². The van der Waals surface area contributed by atoms with E-state index in [1.54, 1.807) is 37.3 Å². The fourth-order valence-electron chi connectivity index (χ4n) is 2.82. The number of halogens is 2. The maximum absolute atomic E-state index is 13.2. The standard InChI is InChI=1S/C22H13Cl2NO4/c1-12-10-18-16(11-17(12)24)19(26)21(29-22(27)14-6-8-25-9-7-14)20(28-18)13-2-4-15(23)5-3-13/h2-11H,1H3. The topological polar surface area (TPSA) is 69.4 Å². The third kappa shape index (κ3) is 3.75. The molecule has 4 aromatic rings. The number of carbonyl (C=O) groups excluding carboxylic acids is 1. The molecule has 0 saturated carbocycles. The second-order valence-corrected chi connectivity index (χ2v) is 7.16. The van der Waals surface area contributed by atoms with Crippen molar-refractivity contribution >= 4 is 40.1 Å². The second kappa shape index (κ2) is 7.70. The monoisotopic (exact) mass is 425 g/mol. The first kappa shape index (κ1) is 19.2. The first-order valence-electron chi connectivity index (χ1n) is 8.59. The van der Waals surface area contributed by atoms with Crippen molar-refractivity contribution in [1.29, 1.82) is 0 Å². The highest BCUT2D eigenvalue weighted by Gasteiger charge is 2.22. The number of benzene rings is 2. The number of nitrogens with zero attached hydrogens (tertiary/aromatic N) is 1. The van der Waals surface area contributed by atoms with Gasteiger partial charge in [-0.05, 0) is 61.0 Å². The van der Waals surface area contributed by atoms with E-state index >= 15 is 0 Å². The van der Waals surface area contributed by atoms with Crippen molar-refractivity contribution in [1.82, 2.24) is 4.98 Å². The summed E-state index contributed by atoms with van der Waals surface area (Å²) in [7, 11) is 0. The van der Waals surface area contributed by atoms with E-state index in [0.717, 1.165) is 5.56 Å². The minimum absolute atomic E-state index is 0.128. The third-order valence-corrected chi connectivity index (χ3v) is 5.01. The van der Waals surface area contributed by atoms with E-state index in [9.17, 15) is 9.59 Å². The Kier molecular flexibility index (Phi) is 5.09. The number of hydrogen-bond acceptors (Lipinski definition) is 5. The summed E-state index contributed by atoms with van der Waals surface area (Å²) in [6.45, 7) is 1.81. The Bertz CT molecular complexity index is 1280. The maximum atomic E-state index is 13.2. The Labute approximate surface area is 175 Å². The van der Waals surface area contributed by atoms with Gasteiger partial charge in [0, 0.05) is 28.0 Å². The number of hydrogen-bond donors (Lipinski definition) is 0. The molecule has 2 aromatic carbocycles. The lowest BCUT2D eigenvalue weighted by Gasteiger charge is -2.11. The van der Waals surface area contributed by atoms with Crippen molar-refractivity contribution in [2.75, 3.05) is 0 Å². The molecule has 2 aromatic heterocycles. The van der Waals surface area contributed by atoms with Crippen LogP contribution in [0.3, 0.4) is 0 Å². The average Bonchev–Trinajstić information content (AvgIpc) is 2.73. The lowest BCUT2D eigenvalue weighted by molar-refractivity contribution is 0.0731. The summed E-state index contributed by atoms with van der Waals surface area (Å²) in [5, 5.41) is 1.15. The molecule has 0 aliphatic heterocycles. The van der Waals surface area contributed by atoms with E-state index in [1.807, 2.05) is 0 Å². The minimum atomic E-state index is -0.701. The highest BCUT2D eigenvalue weighted by Crippen LogP contribution is 2.33. The predicted molar refractivity (Wildman–Crippen MR) is 112 cm³/mol. The molecule has 0 saturated heterocycles. The molecule has 0 aliphatic carbocycles. The smallest absolute Gasteiger partial charge is 0.343 e. The first-order chi connectivity index (χ1) is 13.9. The van der Waals surface area contributed by atoms with Crippen molar-refractivity contribution < 1.29 is 13.9 Å². The van der Waals surface area contributed by atoms with Gasteiger partial charge in [0.15, 0.2) is 5.76 Å². The predicted octanol–water partition coefficient (Wildman–Crippen LogP) is 5.69. The molecule has 144 valence electrons. The fourth-order valence-corrected chi connectivity index (χ4v) is 3.11. The molecule has 0 fully saturated rings. The van der Waals surface area contributed by atoms with Gasteiger partial charge in [-0.25, -0.2) is 4.79 Å². The number of fused-ring (bicyclic) bond motifs is 1.